The Labute approximate surface area is 151 Å². The minimum absolute atomic E-state index is 0.0666. The Morgan fingerprint density at radius 2 is 1.76 bits per heavy atom. The maximum Gasteiger partial charge on any atom is 0.226 e. The average molecular weight is 345 g/mol. The van der Waals surface area contributed by atoms with Gasteiger partial charge in [0.05, 0.1) is 17.2 Å². The number of hydrogen-bond donors (Lipinski definition) is 0. The van der Waals surface area contributed by atoms with Crippen molar-refractivity contribution in [3.63, 3.8) is 0 Å². The predicted octanol–water partition coefficient (Wildman–Crippen LogP) is 3.79. The number of amides is 1. The zero-order chi connectivity index (χ0) is 18.1. The molecule has 0 aromatic heterocycles. The normalized spacial score (nSPS) is 25.7. The highest BCUT2D eigenvalue weighted by atomic mass is 16.5. The summed E-state index contributed by atoms with van der Waals surface area (Å²) in [5.41, 5.74) is 0.612. The highest BCUT2D eigenvalue weighted by Gasteiger charge is 2.50. The number of benzene rings is 1. The number of rotatable bonds is 4. The van der Waals surface area contributed by atoms with Crippen LogP contribution in [-0.2, 0) is 20.8 Å². The fourth-order valence-corrected chi connectivity index (χ4v) is 4.32. The Bertz CT molecular complexity index is 590. The first kappa shape index (κ1) is 18.4. The zero-order valence-corrected chi connectivity index (χ0v) is 16.0. The standard InChI is InChI=1S/C21H31NO3/c1-20(2)14-18(21(3,4)25-20)22(15-16-8-6-5-7-9-16)19(23)17-10-12-24-13-11-17/h5-9,17-18H,10-15H2,1-4H3. The number of hydrogen-bond acceptors (Lipinski definition) is 3. The van der Waals surface area contributed by atoms with E-state index in [0.29, 0.717) is 19.8 Å². The maximum atomic E-state index is 13.4. The Balaban J connectivity index is 1.87. The van der Waals surface area contributed by atoms with E-state index in [4.69, 9.17) is 9.47 Å². The lowest BCUT2D eigenvalue weighted by Crippen LogP contribution is -2.51. The lowest BCUT2D eigenvalue weighted by molar-refractivity contribution is -0.146. The molecule has 138 valence electrons. The molecule has 0 N–H and O–H groups in total. The molecule has 1 unspecified atom stereocenters. The SMILES string of the molecule is CC1(C)CC(N(Cc2ccccc2)C(=O)C2CCOCC2)C(C)(C)O1. The van der Waals surface area contributed by atoms with Crippen molar-refractivity contribution >= 4 is 5.91 Å². The molecule has 2 aliphatic heterocycles. The molecule has 0 aliphatic carbocycles. The molecule has 0 radical (unpaired) electrons. The quantitative estimate of drug-likeness (QED) is 0.833. The molecule has 0 spiro atoms. The minimum atomic E-state index is -0.348. The van der Waals surface area contributed by atoms with Gasteiger partial charge in [-0.25, -0.2) is 0 Å². The van der Waals surface area contributed by atoms with Gasteiger partial charge in [-0.2, -0.15) is 0 Å². The molecule has 1 amide bonds. The monoisotopic (exact) mass is 345 g/mol. The fraction of sp³-hybridized carbons (Fsp3) is 0.667. The Kier molecular flexibility index (Phi) is 5.21. The van der Waals surface area contributed by atoms with E-state index in [9.17, 15) is 4.79 Å². The van der Waals surface area contributed by atoms with Gasteiger partial charge in [0.25, 0.3) is 0 Å². The summed E-state index contributed by atoms with van der Waals surface area (Å²) >= 11 is 0. The van der Waals surface area contributed by atoms with Crippen LogP contribution in [0.2, 0.25) is 0 Å². The van der Waals surface area contributed by atoms with Crippen molar-refractivity contribution in [3.8, 4) is 0 Å². The molecule has 2 fully saturated rings. The topological polar surface area (TPSA) is 38.8 Å². The molecule has 4 nitrogen and oxygen atoms in total. The van der Waals surface area contributed by atoms with Crippen LogP contribution in [0.25, 0.3) is 0 Å². The summed E-state index contributed by atoms with van der Waals surface area (Å²) in [6, 6.07) is 10.4. The van der Waals surface area contributed by atoms with Crippen LogP contribution in [-0.4, -0.2) is 41.3 Å². The third kappa shape index (κ3) is 4.24. The highest BCUT2D eigenvalue weighted by molar-refractivity contribution is 5.79. The van der Waals surface area contributed by atoms with Gasteiger partial charge in [-0.3, -0.25) is 4.79 Å². The van der Waals surface area contributed by atoms with Crippen molar-refractivity contribution in [1.29, 1.82) is 0 Å². The van der Waals surface area contributed by atoms with Gasteiger partial charge in [0, 0.05) is 25.7 Å². The van der Waals surface area contributed by atoms with E-state index in [2.05, 4.69) is 44.7 Å². The second-order valence-electron chi connectivity index (χ2n) is 8.52. The zero-order valence-electron chi connectivity index (χ0n) is 16.0. The van der Waals surface area contributed by atoms with Crippen LogP contribution in [0.5, 0.6) is 0 Å². The third-order valence-corrected chi connectivity index (χ3v) is 5.45. The predicted molar refractivity (Wildman–Crippen MR) is 98.2 cm³/mol. The first-order chi connectivity index (χ1) is 11.8. The van der Waals surface area contributed by atoms with Crippen LogP contribution in [0, 0.1) is 5.92 Å². The summed E-state index contributed by atoms with van der Waals surface area (Å²) in [6.45, 7) is 10.5. The highest BCUT2D eigenvalue weighted by Crippen LogP contribution is 2.41. The van der Waals surface area contributed by atoms with Gasteiger partial charge in [0.15, 0.2) is 0 Å². The Morgan fingerprint density at radius 1 is 1.12 bits per heavy atom. The summed E-state index contributed by atoms with van der Waals surface area (Å²) in [6.07, 6.45) is 2.50. The Hall–Kier alpha value is -1.39. The molecule has 1 aromatic rings. The van der Waals surface area contributed by atoms with Crippen LogP contribution in [0.15, 0.2) is 30.3 Å². The summed E-state index contributed by atoms with van der Waals surface area (Å²) < 4.78 is 11.7. The molecule has 1 atom stereocenters. The Morgan fingerprint density at radius 3 is 2.32 bits per heavy atom. The molecule has 2 aliphatic rings. The van der Waals surface area contributed by atoms with Crippen molar-refractivity contribution in [3.05, 3.63) is 35.9 Å². The van der Waals surface area contributed by atoms with Crippen LogP contribution >= 0.6 is 0 Å². The van der Waals surface area contributed by atoms with Gasteiger partial charge in [-0.1, -0.05) is 30.3 Å². The second kappa shape index (κ2) is 7.08. The lowest BCUT2D eigenvalue weighted by atomic mass is 9.90. The molecule has 0 saturated carbocycles. The molecular weight excluding hydrogens is 314 g/mol. The van der Waals surface area contributed by atoms with Crippen LogP contribution < -0.4 is 0 Å². The lowest BCUT2D eigenvalue weighted by Gasteiger charge is -2.39. The summed E-state index contributed by atoms with van der Waals surface area (Å²) in [5, 5.41) is 0. The fourth-order valence-electron chi connectivity index (χ4n) is 4.32. The second-order valence-corrected chi connectivity index (χ2v) is 8.52. The summed E-state index contributed by atoms with van der Waals surface area (Å²) in [5.74, 6) is 0.323. The number of nitrogens with zero attached hydrogens (tertiary/aromatic N) is 1. The molecule has 3 rings (SSSR count). The van der Waals surface area contributed by atoms with E-state index in [0.717, 1.165) is 19.3 Å². The van der Waals surface area contributed by atoms with Crippen molar-refractivity contribution in [2.75, 3.05) is 13.2 Å². The summed E-state index contributed by atoms with van der Waals surface area (Å²) in [4.78, 5) is 15.5. The van der Waals surface area contributed by atoms with Crippen molar-refractivity contribution in [1.82, 2.24) is 4.90 Å². The van der Waals surface area contributed by atoms with Crippen LogP contribution in [0.4, 0.5) is 0 Å². The minimum Gasteiger partial charge on any atom is -0.381 e. The van der Waals surface area contributed by atoms with E-state index in [-0.39, 0.29) is 29.1 Å². The van der Waals surface area contributed by atoms with Gasteiger partial charge < -0.3 is 14.4 Å². The largest absolute Gasteiger partial charge is 0.381 e. The molecule has 4 heteroatoms. The summed E-state index contributed by atoms with van der Waals surface area (Å²) in [7, 11) is 0. The number of carbonyl (C=O) groups is 1. The van der Waals surface area contributed by atoms with Crippen LogP contribution in [0.1, 0.15) is 52.5 Å². The van der Waals surface area contributed by atoms with Gasteiger partial charge in [-0.05, 0) is 52.5 Å². The van der Waals surface area contributed by atoms with Gasteiger partial charge in [-0.15, -0.1) is 0 Å². The number of carbonyl (C=O) groups excluding carboxylic acids is 1. The van der Waals surface area contributed by atoms with E-state index in [1.54, 1.807) is 0 Å². The van der Waals surface area contributed by atoms with Gasteiger partial charge in [0.2, 0.25) is 5.91 Å². The van der Waals surface area contributed by atoms with Crippen molar-refractivity contribution in [2.45, 2.75) is 70.7 Å². The maximum absolute atomic E-state index is 13.4. The van der Waals surface area contributed by atoms with Gasteiger partial charge in [0.1, 0.15) is 0 Å². The molecular formula is C21H31NO3. The smallest absolute Gasteiger partial charge is 0.226 e. The van der Waals surface area contributed by atoms with E-state index >= 15 is 0 Å². The molecule has 25 heavy (non-hydrogen) atoms. The molecule has 2 saturated heterocycles. The first-order valence-corrected chi connectivity index (χ1v) is 9.41. The van der Waals surface area contributed by atoms with E-state index < -0.39 is 0 Å². The third-order valence-electron chi connectivity index (χ3n) is 5.45. The van der Waals surface area contributed by atoms with Crippen LogP contribution in [0.3, 0.4) is 0 Å². The van der Waals surface area contributed by atoms with E-state index in [1.165, 1.54) is 5.56 Å². The van der Waals surface area contributed by atoms with E-state index in [1.807, 2.05) is 18.2 Å². The first-order valence-electron chi connectivity index (χ1n) is 9.41. The molecule has 1 aromatic carbocycles. The van der Waals surface area contributed by atoms with Gasteiger partial charge >= 0.3 is 0 Å². The average Bonchev–Trinajstić information content (AvgIpc) is 2.81. The van der Waals surface area contributed by atoms with Crippen molar-refractivity contribution in [2.24, 2.45) is 5.92 Å². The van der Waals surface area contributed by atoms with Crippen molar-refractivity contribution < 1.29 is 14.3 Å². The molecule has 2 heterocycles. The number of ether oxygens (including phenoxy) is 2. The molecule has 0 bridgehead atoms.